The quantitative estimate of drug-likeness (QED) is 0.102. The number of esters is 1. The molecule has 18 heteroatoms. The van der Waals surface area contributed by atoms with Gasteiger partial charge in [-0.15, -0.1) is 0 Å². The fourth-order valence-corrected chi connectivity index (χ4v) is 4.74. The largest absolute Gasteiger partial charge is 0.490 e. The number of carbonyl (C=O) groups excluding carboxylic acids is 2. The predicted octanol–water partition coefficient (Wildman–Crippen LogP) is 8.02. The molecule has 0 fully saturated rings. The van der Waals surface area contributed by atoms with Gasteiger partial charge in [-0.2, -0.15) is 39.5 Å². The van der Waals surface area contributed by atoms with Crippen LogP contribution in [-0.2, 0) is 41.1 Å². The number of ether oxygens (including phenoxy) is 2. The van der Waals surface area contributed by atoms with Crippen LogP contribution in [0.5, 0.6) is 5.75 Å². The lowest BCUT2D eigenvalue weighted by Gasteiger charge is -2.29. The van der Waals surface area contributed by atoms with Crippen LogP contribution >= 0.6 is 0 Å². The van der Waals surface area contributed by atoms with Gasteiger partial charge in [0.2, 0.25) is 5.95 Å². The van der Waals surface area contributed by atoms with Gasteiger partial charge in [0.05, 0.1) is 48.0 Å². The van der Waals surface area contributed by atoms with Gasteiger partial charge in [-0.3, -0.25) is 9.69 Å². The predicted molar refractivity (Wildman–Crippen MR) is 163 cm³/mol. The van der Waals surface area contributed by atoms with E-state index in [4.69, 9.17) is 9.47 Å². The van der Waals surface area contributed by atoms with Gasteiger partial charge in [0.15, 0.2) is 5.75 Å². The van der Waals surface area contributed by atoms with Crippen molar-refractivity contribution in [3.05, 3.63) is 76.6 Å². The van der Waals surface area contributed by atoms with Gasteiger partial charge in [0, 0.05) is 32.6 Å². The molecule has 0 aliphatic heterocycles. The Morgan fingerprint density at radius 2 is 1.40 bits per heavy atom. The molecule has 0 aliphatic rings. The fourth-order valence-electron chi connectivity index (χ4n) is 4.74. The summed E-state index contributed by atoms with van der Waals surface area (Å²) >= 11 is 0. The van der Waals surface area contributed by atoms with E-state index in [1.54, 1.807) is 20.8 Å². The standard InChI is InChI=1S/C32H34F9N5O4/c1-4-42-29(48)46(5-2)26-10-9-22(30(33,34)35)14-21(26)19-45(18-20-12-23(31(36,37)38)15-24(13-20)32(39,40)41)28-43-16-25(17-44-28)50-11-7-8-27(47)49-6-3/h9-10,12-17H,4-8,11,18-19H2,1-3H3,(H,42,48). The minimum absolute atomic E-state index is 0.00183. The third kappa shape index (κ3) is 11.1. The van der Waals surface area contributed by atoms with E-state index in [1.165, 1.54) is 0 Å². The molecule has 0 aliphatic carbocycles. The maximum atomic E-state index is 13.9. The first kappa shape index (κ1) is 39.7. The number of hydrogen-bond acceptors (Lipinski definition) is 7. The van der Waals surface area contributed by atoms with E-state index in [0.29, 0.717) is 12.1 Å². The highest BCUT2D eigenvalue weighted by Crippen LogP contribution is 2.38. The van der Waals surface area contributed by atoms with Crippen molar-refractivity contribution in [2.45, 2.75) is 65.2 Å². The van der Waals surface area contributed by atoms with E-state index in [-0.39, 0.29) is 68.2 Å². The molecule has 2 amide bonds. The van der Waals surface area contributed by atoms with Crippen LogP contribution in [-0.4, -0.2) is 48.3 Å². The summed E-state index contributed by atoms with van der Waals surface area (Å²) in [6, 6.07) is 2.81. The molecule has 0 unspecified atom stereocenters. The molecule has 1 aromatic heterocycles. The Morgan fingerprint density at radius 1 is 0.800 bits per heavy atom. The number of aromatic nitrogens is 2. The number of nitrogens with one attached hydrogen (secondary N) is 1. The average Bonchev–Trinajstić information content (AvgIpc) is 3.03. The van der Waals surface area contributed by atoms with E-state index < -0.39 is 65.9 Å². The molecule has 2 aromatic carbocycles. The first-order chi connectivity index (χ1) is 23.4. The number of halogens is 9. The lowest BCUT2D eigenvalue weighted by atomic mass is 10.0. The molecule has 1 N–H and O–H groups in total. The fraction of sp³-hybridized carbons (Fsp3) is 0.438. The van der Waals surface area contributed by atoms with Gasteiger partial charge < -0.3 is 19.7 Å². The van der Waals surface area contributed by atoms with E-state index in [0.717, 1.165) is 40.4 Å². The molecule has 0 saturated carbocycles. The number of amides is 2. The zero-order chi connectivity index (χ0) is 37.3. The molecule has 0 saturated heterocycles. The topological polar surface area (TPSA) is 96.9 Å². The Morgan fingerprint density at radius 3 is 1.92 bits per heavy atom. The summed E-state index contributed by atoms with van der Waals surface area (Å²) in [6.07, 6.45) is -12.5. The average molecular weight is 724 g/mol. The zero-order valence-corrected chi connectivity index (χ0v) is 27.1. The molecule has 0 radical (unpaired) electrons. The van der Waals surface area contributed by atoms with Gasteiger partial charge in [0.1, 0.15) is 0 Å². The molecular weight excluding hydrogens is 689 g/mol. The normalized spacial score (nSPS) is 12.0. The number of hydrogen-bond donors (Lipinski definition) is 1. The molecule has 0 spiro atoms. The van der Waals surface area contributed by atoms with E-state index in [2.05, 4.69) is 15.3 Å². The smallest absolute Gasteiger partial charge is 0.416 e. The summed E-state index contributed by atoms with van der Waals surface area (Å²) in [5, 5.41) is 2.55. The number of benzene rings is 2. The Bertz CT molecular complexity index is 1560. The SMILES string of the molecule is CCNC(=O)N(CC)c1ccc(C(F)(F)F)cc1CN(Cc1cc(C(F)(F)F)cc(C(F)(F)F)c1)c1ncc(OCCCC(=O)OCC)cn1. The number of anilines is 2. The van der Waals surface area contributed by atoms with E-state index in [9.17, 15) is 49.1 Å². The maximum Gasteiger partial charge on any atom is 0.416 e. The summed E-state index contributed by atoms with van der Waals surface area (Å²) in [5.74, 6) is -0.646. The monoisotopic (exact) mass is 723 g/mol. The molecule has 0 bridgehead atoms. The maximum absolute atomic E-state index is 13.9. The van der Waals surface area contributed by atoms with Crippen molar-refractivity contribution in [2.75, 3.05) is 36.1 Å². The van der Waals surface area contributed by atoms with E-state index >= 15 is 0 Å². The Kier molecular flexibility index (Phi) is 13.3. The van der Waals surface area contributed by atoms with Crippen molar-refractivity contribution in [1.29, 1.82) is 0 Å². The highest BCUT2D eigenvalue weighted by Gasteiger charge is 2.37. The summed E-state index contributed by atoms with van der Waals surface area (Å²) in [5.41, 5.74) is -4.96. The molecular formula is C32H34F9N5O4. The first-order valence-corrected chi connectivity index (χ1v) is 15.3. The van der Waals surface area contributed by atoms with Gasteiger partial charge >= 0.3 is 30.5 Å². The summed E-state index contributed by atoms with van der Waals surface area (Å²) < 4.78 is 134. The highest BCUT2D eigenvalue weighted by molar-refractivity contribution is 5.92. The molecule has 9 nitrogen and oxygen atoms in total. The Balaban J connectivity index is 2.11. The van der Waals surface area contributed by atoms with Gasteiger partial charge in [0.25, 0.3) is 0 Å². The van der Waals surface area contributed by atoms with Crippen LogP contribution in [0.4, 0.5) is 55.9 Å². The number of nitrogens with zero attached hydrogens (tertiary/aromatic N) is 4. The Hall–Kier alpha value is -4.77. The van der Waals surface area contributed by atoms with Crippen LogP contribution in [0.1, 0.15) is 61.4 Å². The van der Waals surface area contributed by atoms with Crippen LogP contribution in [0, 0.1) is 0 Å². The lowest BCUT2D eigenvalue weighted by molar-refractivity contribution is -0.144. The molecule has 274 valence electrons. The number of urea groups is 1. The zero-order valence-electron chi connectivity index (χ0n) is 27.1. The molecule has 3 aromatic rings. The second kappa shape index (κ2) is 16.8. The van der Waals surface area contributed by atoms with Crippen LogP contribution in [0.15, 0.2) is 48.8 Å². The summed E-state index contributed by atoms with van der Waals surface area (Å²) in [4.78, 5) is 34.8. The minimum Gasteiger partial charge on any atom is -0.490 e. The number of rotatable bonds is 14. The number of carbonyl (C=O) groups is 2. The second-order valence-corrected chi connectivity index (χ2v) is 10.7. The first-order valence-electron chi connectivity index (χ1n) is 15.3. The summed E-state index contributed by atoms with van der Waals surface area (Å²) in [7, 11) is 0. The third-order valence-corrected chi connectivity index (χ3v) is 6.97. The Labute approximate surface area is 281 Å². The van der Waals surface area contributed by atoms with Crippen molar-refractivity contribution in [2.24, 2.45) is 0 Å². The van der Waals surface area contributed by atoms with Crippen molar-refractivity contribution >= 4 is 23.6 Å². The van der Waals surface area contributed by atoms with Crippen molar-refractivity contribution in [3.8, 4) is 5.75 Å². The van der Waals surface area contributed by atoms with Gasteiger partial charge in [-0.25, -0.2) is 14.8 Å². The molecule has 0 atom stereocenters. The van der Waals surface area contributed by atoms with Crippen LogP contribution in [0.3, 0.4) is 0 Å². The van der Waals surface area contributed by atoms with Crippen LogP contribution < -0.4 is 19.9 Å². The highest BCUT2D eigenvalue weighted by atomic mass is 19.4. The van der Waals surface area contributed by atoms with Gasteiger partial charge in [-0.05, 0) is 74.7 Å². The van der Waals surface area contributed by atoms with Gasteiger partial charge in [-0.1, -0.05) is 0 Å². The van der Waals surface area contributed by atoms with Crippen molar-refractivity contribution < 1.29 is 58.6 Å². The van der Waals surface area contributed by atoms with Crippen LogP contribution in [0.2, 0.25) is 0 Å². The molecule has 50 heavy (non-hydrogen) atoms. The third-order valence-electron chi connectivity index (χ3n) is 6.97. The molecule has 1 heterocycles. The van der Waals surface area contributed by atoms with Crippen molar-refractivity contribution in [3.63, 3.8) is 0 Å². The summed E-state index contributed by atoms with van der Waals surface area (Å²) in [6.45, 7) is 3.92. The van der Waals surface area contributed by atoms with Crippen LogP contribution in [0.25, 0.3) is 0 Å². The number of alkyl halides is 9. The second-order valence-electron chi connectivity index (χ2n) is 10.7. The lowest BCUT2D eigenvalue weighted by Crippen LogP contribution is -2.40. The minimum atomic E-state index is -5.16. The molecule has 3 rings (SSSR count). The van der Waals surface area contributed by atoms with Crippen molar-refractivity contribution in [1.82, 2.24) is 15.3 Å². The van der Waals surface area contributed by atoms with E-state index in [1.807, 2.05) is 0 Å².